The second-order valence-corrected chi connectivity index (χ2v) is 7.28. The number of ether oxygens (including phenoxy) is 1. The number of carbonyl (C=O) groups excluding carboxylic acids is 1. The van der Waals surface area contributed by atoms with Crippen molar-refractivity contribution in [3.8, 4) is 0 Å². The lowest BCUT2D eigenvalue weighted by Crippen LogP contribution is -2.54. The van der Waals surface area contributed by atoms with Gasteiger partial charge in [0.15, 0.2) is 5.96 Å². The van der Waals surface area contributed by atoms with Crippen LogP contribution in [0.2, 0.25) is 0 Å². The van der Waals surface area contributed by atoms with Crippen LogP contribution in [0.3, 0.4) is 0 Å². The quantitative estimate of drug-likeness (QED) is 0.365. The van der Waals surface area contributed by atoms with Crippen molar-refractivity contribution < 1.29 is 9.53 Å². The molecule has 2 aliphatic heterocycles. The number of nitrogens with zero attached hydrogens (tertiary/aromatic N) is 4. The van der Waals surface area contributed by atoms with Crippen molar-refractivity contribution in [2.45, 2.75) is 19.9 Å². The molecule has 2 saturated heterocycles. The maximum Gasteiger partial charge on any atom is 0.236 e. The monoisotopic (exact) mass is 515 g/mol. The fourth-order valence-corrected chi connectivity index (χ4v) is 3.80. The molecule has 0 spiro atoms. The number of amides is 1. The van der Waals surface area contributed by atoms with Gasteiger partial charge in [0.1, 0.15) is 0 Å². The molecular weight excluding hydrogens is 481 g/mol. The summed E-state index contributed by atoms with van der Waals surface area (Å²) in [5.41, 5.74) is 2.69. The lowest BCUT2D eigenvalue weighted by atomic mass is 10.1. The van der Waals surface area contributed by atoms with Crippen LogP contribution < -0.4 is 5.32 Å². The number of benzene rings is 1. The Morgan fingerprint density at radius 1 is 1.03 bits per heavy atom. The Morgan fingerprint density at radius 2 is 1.69 bits per heavy atom. The third kappa shape index (κ3) is 6.82. The van der Waals surface area contributed by atoms with Crippen molar-refractivity contribution in [2.75, 3.05) is 66.1 Å². The first-order valence-electron chi connectivity index (χ1n) is 10.3. The predicted octanol–water partition coefficient (Wildman–Crippen LogP) is 1.42. The lowest BCUT2D eigenvalue weighted by molar-refractivity contribution is -0.136. The fourth-order valence-electron chi connectivity index (χ4n) is 3.80. The molecule has 2 aliphatic rings. The van der Waals surface area contributed by atoms with Crippen LogP contribution in [0.5, 0.6) is 0 Å². The number of hydrogen-bond acceptors (Lipinski definition) is 4. The summed E-state index contributed by atoms with van der Waals surface area (Å²) in [6, 6.07) is 8.54. The van der Waals surface area contributed by atoms with Crippen LogP contribution in [-0.4, -0.2) is 92.6 Å². The van der Waals surface area contributed by atoms with Gasteiger partial charge >= 0.3 is 0 Å². The van der Waals surface area contributed by atoms with Crippen molar-refractivity contribution in [3.63, 3.8) is 0 Å². The molecule has 1 amide bonds. The van der Waals surface area contributed by atoms with Crippen LogP contribution in [-0.2, 0) is 22.5 Å². The molecule has 1 aromatic rings. The summed E-state index contributed by atoms with van der Waals surface area (Å²) < 4.78 is 5.33. The minimum absolute atomic E-state index is 0. The number of carbonyl (C=O) groups is 1. The topological polar surface area (TPSA) is 60.4 Å². The Kier molecular flexibility index (Phi) is 10.2. The summed E-state index contributed by atoms with van der Waals surface area (Å²) in [5.74, 6) is 1.15. The Balaban J connectivity index is 0.00000300. The van der Waals surface area contributed by atoms with Gasteiger partial charge in [-0.25, -0.2) is 0 Å². The normalized spacial score (nSPS) is 18.3. The minimum atomic E-state index is 0. The van der Waals surface area contributed by atoms with Gasteiger partial charge in [0, 0.05) is 52.9 Å². The van der Waals surface area contributed by atoms with Crippen molar-refractivity contribution >= 4 is 35.8 Å². The van der Waals surface area contributed by atoms with E-state index in [0.29, 0.717) is 32.8 Å². The van der Waals surface area contributed by atoms with E-state index in [1.807, 2.05) is 11.9 Å². The number of aliphatic imine (C=N–C) groups is 1. The highest BCUT2D eigenvalue weighted by molar-refractivity contribution is 14.0. The zero-order valence-electron chi connectivity index (χ0n) is 17.6. The fraction of sp³-hybridized carbons (Fsp3) is 0.619. The lowest BCUT2D eigenvalue weighted by Gasteiger charge is -2.37. The van der Waals surface area contributed by atoms with Crippen LogP contribution in [0.4, 0.5) is 0 Å². The molecule has 0 atom stereocenters. The summed E-state index contributed by atoms with van der Waals surface area (Å²) in [7, 11) is 1.84. The van der Waals surface area contributed by atoms with E-state index in [9.17, 15) is 4.79 Å². The molecule has 0 saturated carbocycles. The van der Waals surface area contributed by atoms with Crippen LogP contribution in [0, 0.1) is 0 Å². The van der Waals surface area contributed by atoms with E-state index >= 15 is 0 Å². The predicted molar refractivity (Wildman–Crippen MR) is 127 cm³/mol. The molecule has 2 heterocycles. The molecule has 29 heavy (non-hydrogen) atoms. The molecule has 2 fully saturated rings. The molecule has 0 aliphatic carbocycles. The molecule has 1 N–H and O–H groups in total. The molecule has 1 aromatic carbocycles. The van der Waals surface area contributed by atoms with E-state index in [0.717, 1.165) is 45.1 Å². The van der Waals surface area contributed by atoms with Crippen LogP contribution in [0.25, 0.3) is 0 Å². The smallest absolute Gasteiger partial charge is 0.236 e. The van der Waals surface area contributed by atoms with E-state index in [1.165, 1.54) is 11.1 Å². The van der Waals surface area contributed by atoms with Crippen molar-refractivity contribution in [3.05, 3.63) is 35.4 Å². The molecule has 7 nitrogen and oxygen atoms in total. The van der Waals surface area contributed by atoms with E-state index in [2.05, 4.69) is 51.3 Å². The molecule has 0 bridgehead atoms. The molecule has 0 unspecified atom stereocenters. The number of hydrogen-bond donors (Lipinski definition) is 1. The maximum atomic E-state index is 12.4. The Morgan fingerprint density at radius 3 is 2.31 bits per heavy atom. The van der Waals surface area contributed by atoms with Gasteiger partial charge in [0.05, 0.1) is 19.8 Å². The van der Waals surface area contributed by atoms with Crippen molar-refractivity contribution in [2.24, 2.45) is 4.99 Å². The van der Waals surface area contributed by atoms with Crippen LogP contribution >= 0.6 is 24.0 Å². The first kappa shape index (κ1) is 23.9. The van der Waals surface area contributed by atoms with E-state index in [1.54, 1.807) is 0 Å². The second kappa shape index (κ2) is 12.3. The van der Waals surface area contributed by atoms with Gasteiger partial charge in [0.25, 0.3) is 0 Å². The zero-order valence-corrected chi connectivity index (χ0v) is 19.9. The summed E-state index contributed by atoms with van der Waals surface area (Å²) in [6.07, 6.45) is 1.03. The number of guanidine groups is 1. The summed E-state index contributed by atoms with van der Waals surface area (Å²) in [4.78, 5) is 23.3. The highest BCUT2D eigenvalue weighted by Gasteiger charge is 2.24. The van der Waals surface area contributed by atoms with Crippen molar-refractivity contribution in [1.82, 2.24) is 20.0 Å². The SMILES string of the molecule is CCc1ccccc1CNC(=NC)N1CCN(CC(=O)N2CCOCC2)CC1.I. The second-order valence-electron chi connectivity index (χ2n) is 7.28. The van der Waals surface area contributed by atoms with Gasteiger partial charge in [-0.15, -0.1) is 24.0 Å². The molecule has 0 radical (unpaired) electrons. The van der Waals surface area contributed by atoms with Crippen molar-refractivity contribution in [1.29, 1.82) is 0 Å². The van der Waals surface area contributed by atoms with Gasteiger partial charge in [-0.2, -0.15) is 0 Å². The summed E-state index contributed by atoms with van der Waals surface area (Å²) in [5, 5.41) is 3.51. The number of nitrogens with one attached hydrogen (secondary N) is 1. The number of rotatable bonds is 5. The number of morpholine rings is 1. The molecular formula is C21H34IN5O2. The molecule has 3 rings (SSSR count). The largest absolute Gasteiger partial charge is 0.378 e. The van der Waals surface area contributed by atoms with Crippen LogP contribution in [0.15, 0.2) is 29.3 Å². The van der Waals surface area contributed by atoms with Gasteiger partial charge < -0.3 is 19.9 Å². The Bertz CT molecular complexity index is 671. The average molecular weight is 515 g/mol. The first-order valence-corrected chi connectivity index (χ1v) is 10.3. The highest BCUT2D eigenvalue weighted by atomic mass is 127. The third-order valence-electron chi connectivity index (χ3n) is 5.54. The van der Waals surface area contributed by atoms with Gasteiger partial charge in [-0.3, -0.25) is 14.7 Å². The minimum Gasteiger partial charge on any atom is -0.378 e. The zero-order chi connectivity index (χ0) is 19.8. The number of aryl methyl sites for hydroxylation is 1. The third-order valence-corrected chi connectivity index (χ3v) is 5.54. The first-order chi connectivity index (χ1) is 13.7. The van der Waals surface area contributed by atoms with Gasteiger partial charge in [0.2, 0.25) is 5.91 Å². The van der Waals surface area contributed by atoms with Crippen LogP contribution in [0.1, 0.15) is 18.1 Å². The standard InChI is InChI=1S/C21H33N5O2.HI/c1-3-18-6-4-5-7-19(18)16-23-21(22-2)26-10-8-24(9-11-26)17-20(27)25-12-14-28-15-13-25;/h4-7H,3,8-17H2,1-2H3,(H,22,23);1H. The number of halogens is 1. The molecule has 0 aromatic heterocycles. The molecule has 8 heteroatoms. The maximum absolute atomic E-state index is 12.4. The van der Waals surface area contributed by atoms with E-state index in [-0.39, 0.29) is 29.9 Å². The average Bonchev–Trinajstić information content (AvgIpc) is 2.76. The Labute approximate surface area is 191 Å². The Hall–Kier alpha value is -1.39. The highest BCUT2D eigenvalue weighted by Crippen LogP contribution is 2.10. The van der Waals surface area contributed by atoms with E-state index in [4.69, 9.17) is 4.74 Å². The molecule has 162 valence electrons. The van der Waals surface area contributed by atoms with E-state index < -0.39 is 0 Å². The van der Waals surface area contributed by atoms with Gasteiger partial charge in [-0.1, -0.05) is 31.2 Å². The summed E-state index contributed by atoms with van der Waals surface area (Å²) >= 11 is 0. The summed E-state index contributed by atoms with van der Waals surface area (Å²) in [6.45, 7) is 9.73. The van der Waals surface area contributed by atoms with Gasteiger partial charge in [-0.05, 0) is 17.5 Å². The number of piperazine rings is 1.